The van der Waals surface area contributed by atoms with E-state index < -0.39 is 11.7 Å². The van der Waals surface area contributed by atoms with Crippen LogP contribution in [-0.2, 0) is 11.0 Å². The van der Waals surface area contributed by atoms with Crippen LogP contribution in [0.25, 0.3) is 11.1 Å². The van der Waals surface area contributed by atoms with Gasteiger partial charge in [-0.1, -0.05) is 17.8 Å². The average Bonchev–Trinajstić information content (AvgIpc) is 3.09. The lowest BCUT2D eigenvalue weighted by Crippen LogP contribution is -2.16. The Balaban J connectivity index is 1.75. The Hall–Kier alpha value is -1.85. The summed E-state index contributed by atoms with van der Waals surface area (Å²) in [6, 6.07) is 5.53. The summed E-state index contributed by atoms with van der Waals surface area (Å²) in [5.74, 6) is -0.395. The van der Waals surface area contributed by atoms with Gasteiger partial charge in [0.1, 0.15) is 16.1 Å². The Morgan fingerprint density at radius 3 is 2.62 bits per heavy atom. The standard InChI is InChI=1S/C18H16F3N3O2S3/c1-9-7-12(27-2)14(16(22-9)28-3)24-13(25)8-29-17-23-11-6-4-5-10(15(11)26-17)18(19,20)21/h4-7H,8H2,1-3H3,(H,24,25). The molecule has 3 aromatic rings. The number of alkyl halides is 3. The summed E-state index contributed by atoms with van der Waals surface area (Å²) in [7, 11) is 0. The van der Waals surface area contributed by atoms with Gasteiger partial charge in [-0.3, -0.25) is 4.79 Å². The highest BCUT2D eigenvalue weighted by atomic mass is 32.2. The molecular weight excluding hydrogens is 443 g/mol. The number of anilines is 1. The quantitative estimate of drug-likeness (QED) is 0.473. The third kappa shape index (κ3) is 5.01. The SMILES string of the molecule is CSc1cc(C)nc(SC)c1NC(=O)CSc1nc2cccc(C(F)(F)F)c2o1. The molecule has 11 heteroatoms. The van der Waals surface area contributed by atoms with E-state index in [0.717, 1.165) is 28.4 Å². The molecule has 29 heavy (non-hydrogen) atoms. The number of pyridine rings is 1. The van der Waals surface area contributed by atoms with E-state index in [9.17, 15) is 18.0 Å². The molecule has 154 valence electrons. The van der Waals surface area contributed by atoms with E-state index in [1.54, 1.807) is 0 Å². The predicted octanol–water partition coefficient (Wildman–Crippen LogP) is 5.72. The Labute approximate surface area is 177 Å². The second kappa shape index (κ2) is 8.88. The van der Waals surface area contributed by atoms with Crippen molar-refractivity contribution in [3.05, 3.63) is 35.5 Å². The molecular formula is C18H16F3N3O2S3. The van der Waals surface area contributed by atoms with Crippen LogP contribution in [0.4, 0.5) is 18.9 Å². The zero-order valence-corrected chi connectivity index (χ0v) is 18.0. The highest BCUT2D eigenvalue weighted by molar-refractivity contribution is 8.00. The van der Waals surface area contributed by atoms with Crippen LogP contribution < -0.4 is 5.32 Å². The first-order valence-electron chi connectivity index (χ1n) is 8.22. The Bertz CT molecular complexity index is 1030. The summed E-state index contributed by atoms with van der Waals surface area (Å²) in [6.07, 6.45) is -0.772. The molecule has 2 aromatic heterocycles. The van der Waals surface area contributed by atoms with E-state index in [1.807, 2.05) is 25.5 Å². The van der Waals surface area contributed by atoms with Crippen molar-refractivity contribution in [2.24, 2.45) is 0 Å². The number of thioether (sulfide) groups is 3. The van der Waals surface area contributed by atoms with E-state index in [4.69, 9.17) is 4.42 Å². The minimum Gasteiger partial charge on any atom is -0.431 e. The first-order valence-corrected chi connectivity index (χ1v) is 11.7. The zero-order valence-electron chi connectivity index (χ0n) is 15.6. The van der Waals surface area contributed by atoms with Gasteiger partial charge in [0.15, 0.2) is 5.58 Å². The molecule has 1 amide bonds. The number of benzene rings is 1. The summed E-state index contributed by atoms with van der Waals surface area (Å²) in [6.45, 7) is 1.88. The van der Waals surface area contributed by atoms with Gasteiger partial charge < -0.3 is 9.73 Å². The number of hydrogen-bond acceptors (Lipinski definition) is 7. The van der Waals surface area contributed by atoms with Crippen molar-refractivity contribution in [1.82, 2.24) is 9.97 Å². The molecule has 0 aliphatic rings. The number of rotatable bonds is 6. The van der Waals surface area contributed by atoms with Crippen molar-refractivity contribution in [1.29, 1.82) is 0 Å². The summed E-state index contributed by atoms with van der Waals surface area (Å²) in [5, 5.41) is 3.54. The number of halogens is 3. The van der Waals surface area contributed by atoms with Gasteiger partial charge >= 0.3 is 6.18 Å². The number of carbonyl (C=O) groups excluding carboxylic acids is 1. The molecule has 0 fully saturated rings. The van der Waals surface area contributed by atoms with Crippen molar-refractivity contribution < 1.29 is 22.4 Å². The summed E-state index contributed by atoms with van der Waals surface area (Å²) < 4.78 is 44.5. The lowest BCUT2D eigenvalue weighted by molar-refractivity contribution is -0.136. The first kappa shape index (κ1) is 21.8. The second-order valence-electron chi connectivity index (χ2n) is 5.82. The molecule has 1 aromatic carbocycles. The number of aryl methyl sites for hydroxylation is 1. The minimum absolute atomic E-state index is 0.00376. The van der Waals surface area contributed by atoms with Gasteiger partial charge in [0.05, 0.1) is 11.4 Å². The second-order valence-corrected chi connectivity index (χ2v) is 8.39. The van der Waals surface area contributed by atoms with Gasteiger partial charge in [-0.2, -0.15) is 13.2 Å². The van der Waals surface area contributed by atoms with Crippen molar-refractivity contribution in [2.75, 3.05) is 23.6 Å². The van der Waals surface area contributed by atoms with Crippen LogP contribution in [0.1, 0.15) is 11.3 Å². The van der Waals surface area contributed by atoms with E-state index in [0.29, 0.717) is 10.7 Å². The van der Waals surface area contributed by atoms with E-state index in [-0.39, 0.29) is 28.0 Å². The van der Waals surface area contributed by atoms with E-state index in [2.05, 4.69) is 15.3 Å². The molecule has 1 N–H and O–H groups in total. The van der Waals surface area contributed by atoms with Crippen LogP contribution in [0.3, 0.4) is 0 Å². The fraction of sp³-hybridized carbons (Fsp3) is 0.278. The highest BCUT2D eigenvalue weighted by Gasteiger charge is 2.34. The summed E-state index contributed by atoms with van der Waals surface area (Å²) in [4.78, 5) is 21.8. The number of para-hydroxylation sites is 1. The normalized spacial score (nSPS) is 11.8. The Morgan fingerprint density at radius 2 is 1.97 bits per heavy atom. The van der Waals surface area contributed by atoms with Crippen LogP contribution >= 0.6 is 35.3 Å². The number of fused-ring (bicyclic) bond motifs is 1. The van der Waals surface area contributed by atoms with Crippen LogP contribution in [-0.4, -0.2) is 34.1 Å². The van der Waals surface area contributed by atoms with Gasteiger partial charge in [-0.05, 0) is 37.6 Å². The Morgan fingerprint density at radius 1 is 1.21 bits per heavy atom. The molecule has 5 nitrogen and oxygen atoms in total. The molecule has 3 rings (SSSR count). The predicted molar refractivity (Wildman–Crippen MR) is 111 cm³/mol. The number of carbonyl (C=O) groups is 1. The van der Waals surface area contributed by atoms with E-state index >= 15 is 0 Å². The van der Waals surface area contributed by atoms with Crippen molar-refractivity contribution in [3.8, 4) is 0 Å². The lowest BCUT2D eigenvalue weighted by atomic mass is 10.2. The molecule has 0 saturated carbocycles. The highest BCUT2D eigenvalue weighted by Crippen LogP contribution is 2.37. The fourth-order valence-corrected chi connectivity index (χ4v) is 4.49. The lowest BCUT2D eigenvalue weighted by Gasteiger charge is -2.13. The van der Waals surface area contributed by atoms with Gasteiger partial charge in [0.2, 0.25) is 5.91 Å². The third-order valence-corrected chi connectivity index (χ3v) is 6.06. The van der Waals surface area contributed by atoms with Gasteiger partial charge in [0, 0.05) is 10.6 Å². The maximum atomic E-state index is 13.1. The largest absolute Gasteiger partial charge is 0.431 e. The number of hydrogen-bond donors (Lipinski definition) is 1. The van der Waals surface area contributed by atoms with Crippen LogP contribution in [0.2, 0.25) is 0 Å². The van der Waals surface area contributed by atoms with Gasteiger partial charge in [-0.15, -0.1) is 23.5 Å². The third-order valence-electron chi connectivity index (χ3n) is 3.78. The molecule has 0 bridgehead atoms. The number of amides is 1. The summed E-state index contributed by atoms with van der Waals surface area (Å²) >= 11 is 3.84. The maximum Gasteiger partial charge on any atom is 0.420 e. The summed E-state index contributed by atoms with van der Waals surface area (Å²) in [5.41, 5.74) is 0.342. The van der Waals surface area contributed by atoms with Crippen molar-refractivity contribution >= 4 is 58.0 Å². The molecule has 0 saturated heterocycles. The number of nitrogens with one attached hydrogen (secondary N) is 1. The Kier molecular flexibility index (Phi) is 6.69. The molecule has 0 spiro atoms. The molecule has 2 heterocycles. The maximum absolute atomic E-state index is 13.1. The molecule has 0 aliphatic heterocycles. The van der Waals surface area contributed by atoms with Gasteiger partial charge in [0.25, 0.3) is 5.22 Å². The zero-order chi connectivity index (χ0) is 21.2. The number of aromatic nitrogens is 2. The smallest absolute Gasteiger partial charge is 0.420 e. The fourth-order valence-electron chi connectivity index (χ4n) is 2.56. The molecule has 0 radical (unpaired) electrons. The molecule has 0 atom stereocenters. The molecule has 0 aliphatic carbocycles. The minimum atomic E-state index is -4.54. The first-order chi connectivity index (χ1) is 13.7. The van der Waals surface area contributed by atoms with Crippen molar-refractivity contribution in [2.45, 2.75) is 28.2 Å². The van der Waals surface area contributed by atoms with Crippen LogP contribution in [0, 0.1) is 6.92 Å². The molecule has 0 unspecified atom stereocenters. The topological polar surface area (TPSA) is 68.0 Å². The van der Waals surface area contributed by atoms with Crippen LogP contribution in [0.15, 0.2) is 43.8 Å². The average molecular weight is 460 g/mol. The monoisotopic (exact) mass is 459 g/mol. The van der Waals surface area contributed by atoms with E-state index in [1.165, 1.54) is 35.7 Å². The number of nitrogens with zero attached hydrogens (tertiary/aromatic N) is 2. The van der Waals surface area contributed by atoms with Crippen LogP contribution in [0.5, 0.6) is 0 Å². The van der Waals surface area contributed by atoms with Crippen molar-refractivity contribution in [3.63, 3.8) is 0 Å². The number of oxazole rings is 1. The van der Waals surface area contributed by atoms with Gasteiger partial charge in [-0.25, -0.2) is 9.97 Å².